The quantitative estimate of drug-likeness (QED) is 0.617. The van der Waals surface area contributed by atoms with Crippen LogP contribution in [0.2, 0.25) is 0 Å². The zero-order chi connectivity index (χ0) is 19.9. The number of nitrogens with one attached hydrogen (secondary N) is 1. The molecule has 0 saturated carbocycles. The van der Waals surface area contributed by atoms with Crippen LogP contribution in [-0.4, -0.2) is 24.3 Å². The van der Waals surface area contributed by atoms with E-state index in [1.54, 1.807) is 6.07 Å². The minimum Gasteiger partial charge on any atom is -0.490 e. The number of amides is 1. The molecule has 0 fully saturated rings. The molecular weight excluding hydrogens is 356 g/mol. The molecule has 1 unspecified atom stereocenters. The average molecular weight is 380 g/mol. The van der Waals surface area contributed by atoms with Gasteiger partial charge in [-0.05, 0) is 38.5 Å². The van der Waals surface area contributed by atoms with Crippen LogP contribution < -0.4 is 14.8 Å². The van der Waals surface area contributed by atoms with Gasteiger partial charge in [-0.25, -0.2) is 0 Å². The van der Waals surface area contributed by atoms with Gasteiger partial charge in [0.25, 0.3) is 5.91 Å². The molecule has 6 nitrogen and oxygen atoms in total. The van der Waals surface area contributed by atoms with Crippen LogP contribution in [-0.2, 0) is 0 Å². The number of benzene rings is 2. The van der Waals surface area contributed by atoms with Crippen LogP contribution in [0.15, 0.2) is 59.1 Å². The molecule has 1 heterocycles. The van der Waals surface area contributed by atoms with Gasteiger partial charge >= 0.3 is 0 Å². The van der Waals surface area contributed by atoms with E-state index >= 15 is 0 Å². The lowest BCUT2D eigenvalue weighted by Gasteiger charge is -2.17. The molecule has 3 rings (SSSR count). The highest BCUT2D eigenvalue weighted by atomic mass is 16.5. The van der Waals surface area contributed by atoms with Crippen molar-refractivity contribution in [2.75, 3.05) is 13.2 Å². The summed E-state index contributed by atoms with van der Waals surface area (Å²) in [7, 11) is 0. The summed E-state index contributed by atoms with van der Waals surface area (Å²) in [6.07, 6.45) is 0. The number of carbonyl (C=O) groups excluding carboxylic acids is 1. The normalized spacial score (nSPS) is 11.7. The summed E-state index contributed by atoms with van der Waals surface area (Å²) in [6, 6.07) is 16.6. The third kappa shape index (κ3) is 4.52. The molecule has 28 heavy (non-hydrogen) atoms. The minimum absolute atomic E-state index is 0.168. The SMILES string of the molecule is CCOc1ccc(C(C)NC(=O)c2cc(-c3ccccc3)no2)cc1OCC. The Kier molecular flexibility index (Phi) is 6.32. The molecule has 1 N–H and O–H groups in total. The Hall–Kier alpha value is -3.28. The standard InChI is InChI=1S/C22H24N2O4/c1-4-26-19-12-11-17(13-20(19)27-5-2)15(3)23-22(25)21-14-18(24-28-21)16-9-7-6-8-10-16/h6-15H,4-5H2,1-3H3,(H,23,25). The molecular formula is C22H24N2O4. The summed E-state index contributed by atoms with van der Waals surface area (Å²) in [5.41, 5.74) is 2.42. The van der Waals surface area contributed by atoms with Crippen molar-refractivity contribution < 1.29 is 18.8 Å². The van der Waals surface area contributed by atoms with Crippen molar-refractivity contribution in [2.24, 2.45) is 0 Å². The first-order valence-electron chi connectivity index (χ1n) is 9.35. The highest BCUT2D eigenvalue weighted by Gasteiger charge is 2.18. The Labute approximate surface area is 164 Å². The third-order valence-electron chi connectivity index (χ3n) is 4.22. The van der Waals surface area contributed by atoms with Crippen molar-refractivity contribution >= 4 is 5.91 Å². The van der Waals surface area contributed by atoms with E-state index in [9.17, 15) is 4.79 Å². The predicted octanol–water partition coefficient (Wildman–Crippen LogP) is 4.63. The molecule has 0 bridgehead atoms. The Balaban J connectivity index is 1.72. The average Bonchev–Trinajstić information content (AvgIpc) is 3.21. The second-order valence-electron chi connectivity index (χ2n) is 6.21. The van der Waals surface area contributed by atoms with Crippen LogP contribution >= 0.6 is 0 Å². The minimum atomic E-state index is -0.325. The van der Waals surface area contributed by atoms with Crippen molar-refractivity contribution in [3.8, 4) is 22.8 Å². The van der Waals surface area contributed by atoms with E-state index in [0.29, 0.717) is 30.4 Å². The second-order valence-corrected chi connectivity index (χ2v) is 6.21. The van der Waals surface area contributed by atoms with Crippen molar-refractivity contribution in [3.63, 3.8) is 0 Å². The largest absolute Gasteiger partial charge is 0.490 e. The van der Waals surface area contributed by atoms with Gasteiger partial charge in [0.05, 0.1) is 19.3 Å². The molecule has 0 radical (unpaired) electrons. The molecule has 0 aliphatic rings. The summed E-state index contributed by atoms with van der Waals surface area (Å²) < 4.78 is 16.5. The van der Waals surface area contributed by atoms with E-state index in [1.807, 2.05) is 69.3 Å². The zero-order valence-corrected chi connectivity index (χ0v) is 16.3. The van der Waals surface area contributed by atoms with Crippen LogP contribution in [0.1, 0.15) is 42.9 Å². The molecule has 3 aromatic rings. The Morgan fingerprint density at radius 1 is 1.04 bits per heavy atom. The van der Waals surface area contributed by atoms with E-state index in [1.165, 1.54) is 0 Å². The summed E-state index contributed by atoms with van der Waals surface area (Å²) in [5, 5.41) is 6.91. The number of hydrogen-bond acceptors (Lipinski definition) is 5. The van der Waals surface area contributed by atoms with Gasteiger partial charge in [0.1, 0.15) is 5.69 Å². The molecule has 0 aliphatic heterocycles. The lowest BCUT2D eigenvalue weighted by atomic mass is 10.1. The van der Waals surface area contributed by atoms with Gasteiger partial charge in [-0.2, -0.15) is 0 Å². The number of nitrogens with zero attached hydrogens (tertiary/aromatic N) is 1. The fraction of sp³-hybridized carbons (Fsp3) is 0.273. The van der Waals surface area contributed by atoms with Crippen molar-refractivity contribution in [1.82, 2.24) is 10.5 Å². The van der Waals surface area contributed by atoms with Crippen molar-refractivity contribution in [3.05, 3.63) is 65.9 Å². The smallest absolute Gasteiger partial charge is 0.290 e. The highest BCUT2D eigenvalue weighted by Crippen LogP contribution is 2.31. The summed E-state index contributed by atoms with van der Waals surface area (Å²) in [5.74, 6) is 1.19. The maximum Gasteiger partial charge on any atom is 0.290 e. The fourth-order valence-electron chi connectivity index (χ4n) is 2.82. The van der Waals surface area contributed by atoms with Crippen molar-refractivity contribution in [1.29, 1.82) is 0 Å². The molecule has 0 aliphatic carbocycles. The number of carbonyl (C=O) groups is 1. The van der Waals surface area contributed by atoms with Crippen molar-refractivity contribution in [2.45, 2.75) is 26.8 Å². The predicted molar refractivity (Wildman–Crippen MR) is 107 cm³/mol. The van der Waals surface area contributed by atoms with Crippen LogP contribution in [0.3, 0.4) is 0 Å². The summed E-state index contributed by atoms with van der Waals surface area (Å²) in [6.45, 7) is 6.83. The summed E-state index contributed by atoms with van der Waals surface area (Å²) in [4.78, 5) is 12.6. The highest BCUT2D eigenvalue weighted by molar-refractivity contribution is 5.92. The zero-order valence-electron chi connectivity index (χ0n) is 16.3. The van der Waals surface area contributed by atoms with Crippen LogP contribution in [0, 0.1) is 0 Å². The first-order chi connectivity index (χ1) is 13.6. The molecule has 146 valence electrons. The first-order valence-corrected chi connectivity index (χ1v) is 9.35. The molecule has 1 aromatic heterocycles. The first kappa shape index (κ1) is 19.5. The van der Waals surface area contributed by atoms with Gasteiger partial charge in [-0.15, -0.1) is 0 Å². The number of hydrogen-bond donors (Lipinski definition) is 1. The Morgan fingerprint density at radius 3 is 2.46 bits per heavy atom. The van der Waals surface area contributed by atoms with Gasteiger partial charge in [0, 0.05) is 11.6 Å². The maximum absolute atomic E-state index is 12.6. The maximum atomic E-state index is 12.6. The van der Waals surface area contributed by atoms with E-state index in [0.717, 1.165) is 11.1 Å². The molecule has 2 aromatic carbocycles. The van der Waals surface area contributed by atoms with E-state index < -0.39 is 0 Å². The lowest BCUT2D eigenvalue weighted by Crippen LogP contribution is -2.26. The molecule has 0 spiro atoms. The molecule has 6 heteroatoms. The fourth-order valence-corrected chi connectivity index (χ4v) is 2.82. The molecule has 1 amide bonds. The van der Waals surface area contributed by atoms with E-state index in [2.05, 4.69) is 10.5 Å². The second kappa shape index (κ2) is 9.08. The van der Waals surface area contributed by atoms with Crippen LogP contribution in [0.5, 0.6) is 11.5 Å². The van der Waals surface area contributed by atoms with Crippen LogP contribution in [0.25, 0.3) is 11.3 Å². The number of rotatable bonds is 8. The van der Waals surface area contributed by atoms with Gasteiger partial charge < -0.3 is 19.3 Å². The monoisotopic (exact) mass is 380 g/mol. The van der Waals surface area contributed by atoms with Gasteiger partial charge in [0.15, 0.2) is 11.5 Å². The Morgan fingerprint density at radius 2 is 1.75 bits per heavy atom. The van der Waals surface area contributed by atoms with Gasteiger partial charge in [0.2, 0.25) is 5.76 Å². The van der Waals surface area contributed by atoms with Gasteiger partial charge in [-0.3, -0.25) is 4.79 Å². The molecule has 0 saturated heterocycles. The van der Waals surface area contributed by atoms with E-state index in [-0.39, 0.29) is 17.7 Å². The van der Waals surface area contributed by atoms with Gasteiger partial charge in [-0.1, -0.05) is 41.6 Å². The van der Waals surface area contributed by atoms with E-state index in [4.69, 9.17) is 14.0 Å². The molecule has 1 atom stereocenters. The number of ether oxygens (including phenoxy) is 2. The number of aromatic nitrogens is 1. The lowest BCUT2D eigenvalue weighted by molar-refractivity contribution is 0.0902. The Bertz CT molecular complexity index is 921. The topological polar surface area (TPSA) is 73.6 Å². The van der Waals surface area contributed by atoms with Crippen LogP contribution in [0.4, 0.5) is 0 Å². The third-order valence-corrected chi connectivity index (χ3v) is 4.22. The summed E-state index contributed by atoms with van der Waals surface area (Å²) >= 11 is 0.